The van der Waals surface area contributed by atoms with Gasteiger partial charge in [-0.15, -0.1) is 0 Å². The van der Waals surface area contributed by atoms with Crippen LogP contribution < -0.4 is 0 Å². The summed E-state index contributed by atoms with van der Waals surface area (Å²) in [6.45, 7) is 12.3. The molecule has 1 aliphatic rings. The van der Waals surface area contributed by atoms with Gasteiger partial charge in [0.15, 0.2) is 0 Å². The molecule has 2 aromatic carbocycles. The first-order valence-electron chi connectivity index (χ1n) is 10.0. The molecular formula is C25H27F2N. The fraction of sp³-hybridized carbons (Fsp3) is 0.360. The summed E-state index contributed by atoms with van der Waals surface area (Å²) < 4.78 is 30.3. The summed E-state index contributed by atoms with van der Waals surface area (Å²) in [5, 5.41) is 0.982. The first kappa shape index (κ1) is 18.9. The SMILES string of the molecule is C=C(C)C1CC(c2c(C(C)C)n(-c3ccc(F)c(C)c3)c3ccc(F)cc23)C1. The Kier molecular flexibility index (Phi) is 4.65. The van der Waals surface area contributed by atoms with Crippen molar-refractivity contribution >= 4 is 10.9 Å². The topological polar surface area (TPSA) is 4.93 Å². The molecule has 1 nitrogen and oxygen atoms in total. The van der Waals surface area contributed by atoms with E-state index in [0.717, 1.165) is 29.4 Å². The predicted octanol–water partition coefficient (Wildman–Crippen LogP) is 7.41. The number of rotatable bonds is 4. The quantitative estimate of drug-likeness (QED) is 0.416. The molecule has 0 radical (unpaired) electrons. The summed E-state index contributed by atoms with van der Waals surface area (Å²) in [6.07, 6.45) is 2.13. The lowest BCUT2D eigenvalue weighted by atomic mass is 9.68. The van der Waals surface area contributed by atoms with Crippen molar-refractivity contribution < 1.29 is 8.78 Å². The molecule has 0 atom stereocenters. The number of hydrogen-bond donors (Lipinski definition) is 0. The van der Waals surface area contributed by atoms with E-state index in [2.05, 4.69) is 31.9 Å². The molecule has 3 aromatic rings. The van der Waals surface area contributed by atoms with Gasteiger partial charge in [0, 0.05) is 16.8 Å². The summed E-state index contributed by atoms with van der Waals surface area (Å²) in [5.41, 5.74) is 6.22. The summed E-state index contributed by atoms with van der Waals surface area (Å²) in [6, 6.07) is 10.2. The van der Waals surface area contributed by atoms with E-state index in [4.69, 9.17) is 0 Å². The molecule has 1 heterocycles. The Morgan fingerprint density at radius 2 is 1.82 bits per heavy atom. The second-order valence-corrected chi connectivity index (χ2v) is 8.60. The van der Waals surface area contributed by atoms with E-state index < -0.39 is 0 Å². The van der Waals surface area contributed by atoms with Crippen LogP contribution in [0.25, 0.3) is 16.6 Å². The van der Waals surface area contributed by atoms with Crippen LogP contribution >= 0.6 is 0 Å². The fourth-order valence-electron chi connectivity index (χ4n) is 4.61. The highest BCUT2D eigenvalue weighted by Crippen LogP contribution is 2.50. The molecule has 0 unspecified atom stereocenters. The van der Waals surface area contributed by atoms with Crippen molar-refractivity contribution in [3.63, 3.8) is 0 Å². The van der Waals surface area contributed by atoms with E-state index in [1.165, 1.54) is 29.0 Å². The van der Waals surface area contributed by atoms with Gasteiger partial charge in [0.1, 0.15) is 11.6 Å². The third-order valence-corrected chi connectivity index (χ3v) is 6.20. The van der Waals surface area contributed by atoms with Gasteiger partial charge in [-0.25, -0.2) is 8.78 Å². The Labute approximate surface area is 165 Å². The Hall–Kier alpha value is -2.42. The van der Waals surface area contributed by atoms with Crippen LogP contribution in [0.1, 0.15) is 62.3 Å². The van der Waals surface area contributed by atoms with Gasteiger partial charge in [-0.05, 0) is 92.0 Å². The molecule has 146 valence electrons. The Morgan fingerprint density at radius 3 is 2.43 bits per heavy atom. The molecule has 3 heteroatoms. The normalized spacial score (nSPS) is 19.2. The predicted molar refractivity (Wildman–Crippen MR) is 112 cm³/mol. The van der Waals surface area contributed by atoms with Gasteiger partial charge in [0.05, 0.1) is 5.52 Å². The van der Waals surface area contributed by atoms with Crippen molar-refractivity contribution in [1.29, 1.82) is 0 Å². The first-order chi connectivity index (χ1) is 13.3. The van der Waals surface area contributed by atoms with E-state index in [1.54, 1.807) is 13.0 Å². The van der Waals surface area contributed by atoms with Crippen LogP contribution in [0.2, 0.25) is 0 Å². The van der Waals surface area contributed by atoms with Crippen molar-refractivity contribution in [1.82, 2.24) is 4.57 Å². The third kappa shape index (κ3) is 2.97. The maximum absolute atomic E-state index is 14.2. The summed E-state index contributed by atoms with van der Waals surface area (Å²) >= 11 is 0. The van der Waals surface area contributed by atoms with Gasteiger partial charge in [-0.2, -0.15) is 0 Å². The van der Waals surface area contributed by atoms with Gasteiger partial charge in [-0.3, -0.25) is 0 Å². The number of aryl methyl sites for hydroxylation is 1. The maximum Gasteiger partial charge on any atom is 0.126 e. The molecule has 4 rings (SSSR count). The molecule has 1 aliphatic carbocycles. The minimum absolute atomic E-state index is 0.208. The first-order valence-corrected chi connectivity index (χ1v) is 10.0. The molecule has 0 spiro atoms. The number of hydrogen-bond acceptors (Lipinski definition) is 0. The van der Waals surface area contributed by atoms with Gasteiger partial charge in [0.2, 0.25) is 0 Å². The van der Waals surface area contributed by atoms with Crippen molar-refractivity contribution in [3.8, 4) is 5.69 Å². The third-order valence-electron chi connectivity index (χ3n) is 6.20. The van der Waals surface area contributed by atoms with Crippen molar-refractivity contribution in [3.05, 3.63) is 77.0 Å². The Morgan fingerprint density at radius 1 is 1.11 bits per heavy atom. The van der Waals surface area contributed by atoms with Crippen LogP contribution in [0.4, 0.5) is 8.78 Å². The second kappa shape index (κ2) is 6.88. The smallest absolute Gasteiger partial charge is 0.126 e. The van der Waals surface area contributed by atoms with Gasteiger partial charge >= 0.3 is 0 Å². The zero-order valence-electron chi connectivity index (χ0n) is 17.0. The fourth-order valence-corrected chi connectivity index (χ4v) is 4.61. The van der Waals surface area contributed by atoms with Crippen LogP contribution in [-0.2, 0) is 0 Å². The Bertz CT molecular complexity index is 1070. The minimum Gasteiger partial charge on any atom is -0.313 e. The molecule has 0 amide bonds. The summed E-state index contributed by atoms with van der Waals surface area (Å²) in [5.74, 6) is 0.795. The van der Waals surface area contributed by atoms with Crippen LogP contribution in [0.3, 0.4) is 0 Å². The highest BCUT2D eigenvalue weighted by Gasteiger charge is 2.36. The monoisotopic (exact) mass is 379 g/mol. The molecule has 0 aliphatic heterocycles. The van der Waals surface area contributed by atoms with E-state index in [9.17, 15) is 8.78 Å². The van der Waals surface area contributed by atoms with Gasteiger partial charge in [0.25, 0.3) is 0 Å². The largest absolute Gasteiger partial charge is 0.313 e. The van der Waals surface area contributed by atoms with Crippen LogP contribution in [0, 0.1) is 24.5 Å². The number of nitrogens with zero attached hydrogens (tertiary/aromatic N) is 1. The maximum atomic E-state index is 14.2. The van der Waals surface area contributed by atoms with Crippen molar-refractivity contribution in [2.45, 2.75) is 52.4 Å². The minimum atomic E-state index is -0.215. The molecule has 28 heavy (non-hydrogen) atoms. The van der Waals surface area contributed by atoms with E-state index >= 15 is 0 Å². The molecule has 0 N–H and O–H groups in total. The molecule has 1 aromatic heterocycles. The average Bonchev–Trinajstić information content (AvgIpc) is 2.90. The molecule has 1 saturated carbocycles. The van der Waals surface area contributed by atoms with E-state index in [0.29, 0.717) is 17.4 Å². The molecule has 1 fully saturated rings. The van der Waals surface area contributed by atoms with Gasteiger partial charge < -0.3 is 4.57 Å². The number of benzene rings is 2. The lowest BCUT2D eigenvalue weighted by Gasteiger charge is -2.37. The van der Waals surface area contributed by atoms with Gasteiger partial charge in [-0.1, -0.05) is 26.0 Å². The average molecular weight is 379 g/mol. The standard InChI is InChI=1S/C25H27F2N/c1-14(2)17-11-18(12-17)24-21-13-19(26)6-9-23(21)28(25(24)15(3)4)20-7-8-22(27)16(5)10-20/h6-10,13,15,17-18H,1,11-12H2,2-5H3. The number of fused-ring (bicyclic) bond motifs is 1. The van der Waals surface area contributed by atoms with Crippen molar-refractivity contribution in [2.24, 2.45) is 5.92 Å². The zero-order valence-corrected chi connectivity index (χ0v) is 17.0. The van der Waals surface area contributed by atoms with Crippen LogP contribution in [0.5, 0.6) is 0 Å². The van der Waals surface area contributed by atoms with Crippen molar-refractivity contribution in [2.75, 3.05) is 0 Å². The molecule has 0 bridgehead atoms. The lowest BCUT2D eigenvalue weighted by Crippen LogP contribution is -2.23. The highest BCUT2D eigenvalue weighted by atomic mass is 19.1. The summed E-state index contributed by atoms with van der Waals surface area (Å²) in [7, 11) is 0. The number of halogens is 2. The van der Waals surface area contributed by atoms with E-state index in [1.807, 2.05) is 18.2 Å². The number of aromatic nitrogens is 1. The number of allylic oxidation sites excluding steroid dienone is 1. The lowest BCUT2D eigenvalue weighted by molar-refractivity contribution is 0.307. The zero-order chi connectivity index (χ0) is 20.2. The second-order valence-electron chi connectivity index (χ2n) is 8.60. The highest BCUT2D eigenvalue weighted by molar-refractivity contribution is 5.88. The van der Waals surface area contributed by atoms with Crippen LogP contribution in [0.15, 0.2) is 48.6 Å². The Balaban J connectivity index is 1.98. The summed E-state index contributed by atoms with van der Waals surface area (Å²) in [4.78, 5) is 0. The van der Waals surface area contributed by atoms with Crippen LogP contribution in [-0.4, -0.2) is 4.57 Å². The van der Waals surface area contributed by atoms with E-state index in [-0.39, 0.29) is 17.6 Å². The molecule has 0 saturated heterocycles. The molecular weight excluding hydrogens is 352 g/mol.